The molecule has 6 N–H and O–H groups in total. The lowest BCUT2D eigenvalue weighted by atomic mass is 10.1. The molecule has 7 aromatic carbocycles. The van der Waals surface area contributed by atoms with E-state index in [4.69, 9.17) is 31.5 Å². The zero-order chi connectivity index (χ0) is 68.6. The number of Topliss-reactive ketones (excluding diaryl/α,β-unsaturated/α-hetero) is 2. The van der Waals surface area contributed by atoms with Crippen LogP contribution in [0.4, 0.5) is 25.8 Å². The Hall–Kier alpha value is -10.7. The molecule has 9 aromatic rings. The lowest BCUT2D eigenvalue weighted by Gasteiger charge is -2.25. The second-order valence-corrected chi connectivity index (χ2v) is 24.0. The van der Waals surface area contributed by atoms with E-state index in [1.807, 2.05) is 172 Å². The molecule has 20 nitrogen and oxygen atoms in total. The average Bonchev–Trinajstić information content (AvgIpc) is 1.67. The second kappa shape index (κ2) is 36.4. The van der Waals surface area contributed by atoms with Crippen LogP contribution >= 0.6 is 11.6 Å². The quantitative estimate of drug-likeness (QED) is 0.0564. The first kappa shape index (κ1) is 73.1. The number of hydrogen-bond donors (Lipinski definition) is 5. The Bertz CT molecular complexity index is 4150. The second-order valence-electron chi connectivity index (χ2n) is 23.8. The van der Waals surface area contributed by atoms with Gasteiger partial charge < -0.3 is 55.2 Å². The van der Waals surface area contributed by atoms with Crippen molar-refractivity contribution in [2.24, 2.45) is 5.73 Å². The molecule has 0 radical (unpaired) electrons. The van der Waals surface area contributed by atoms with E-state index in [-0.39, 0.29) is 76.6 Å². The number of fused-ring (bicyclic) bond motifs is 8. The van der Waals surface area contributed by atoms with Crippen LogP contribution in [0.3, 0.4) is 0 Å². The van der Waals surface area contributed by atoms with Crippen LogP contribution in [0.5, 0.6) is 0 Å². The van der Waals surface area contributed by atoms with E-state index < -0.39 is 30.4 Å². The Kier molecular flexibility index (Phi) is 27.2. The van der Waals surface area contributed by atoms with Crippen molar-refractivity contribution in [1.82, 2.24) is 35.1 Å². The largest absolute Gasteiger partial charge is 0.445 e. The highest BCUT2D eigenvalue weighted by Gasteiger charge is 2.33. The van der Waals surface area contributed by atoms with Gasteiger partial charge in [-0.1, -0.05) is 171 Å². The zero-order valence-corrected chi connectivity index (χ0v) is 55.6. The molecule has 0 saturated heterocycles. The smallest absolute Gasteiger partial charge is 0.408 e. The number of anilines is 2. The third-order valence-corrected chi connectivity index (χ3v) is 16.6. The fourth-order valence-corrected chi connectivity index (χ4v) is 11.5. The maximum absolute atomic E-state index is 13.0. The van der Waals surface area contributed by atoms with Crippen LogP contribution in [0.25, 0.3) is 11.4 Å². The average molecular weight is 1350 g/mol. The number of para-hydroxylation sites is 4. The van der Waals surface area contributed by atoms with Crippen molar-refractivity contribution < 1.29 is 49.2 Å². The number of carbonyl (C=O) groups is 7. The van der Waals surface area contributed by atoms with Gasteiger partial charge in [-0.15, -0.1) is 11.6 Å². The van der Waals surface area contributed by atoms with Crippen molar-refractivity contribution >= 4 is 64.6 Å². The minimum atomic E-state index is -0.736. The number of alkyl carbamates (subject to hydrolysis) is 3. The zero-order valence-electron chi connectivity index (χ0n) is 54.8. The van der Waals surface area contributed by atoms with Gasteiger partial charge >= 0.3 is 18.3 Å². The van der Waals surface area contributed by atoms with Crippen molar-refractivity contribution in [2.75, 3.05) is 22.6 Å². The summed E-state index contributed by atoms with van der Waals surface area (Å²) in [6.07, 6.45) is 8.43. The van der Waals surface area contributed by atoms with Crippen molar-refractivity contribution in [3.05, 3.63) is 262 Å². The van der Waals surface area contributed by atoms with Gasteiger partial charge in [-0.25, -0.2) is 24.4 Å². The number of halogens is 1. The standard InChI is InChI=1S/C21H21N3O2.C21H22N2O4.C18H18N2O3.C13H15N3.C3H5ClO.CH4.H2/c1-15-13-24-19-10-6-5-9-17(19)11-12-18(20(24)22-15)23-21(25)26-14-16-7-3-2-4-8-16;1-15(24)13-23-19-10-6-5-9-17(19)11-12-18(20(23)25)22-21(26)27-14-16-7-3-2-4-8-16;21-17-16(11-10-14-8-4-5-9-15(14)19-17)20-18(22)23-12-13-6-2-1-3-7-13;1-9-8-16-12-5-3-2-4-10(12)6-7-11(14)13(16)15-9;1-3(5)2-4;;/h2-10,13,18H,11-12,14H2,1H3,(H,23,25);2-10,18H,11-14H2,1H3,(H,22,26);1-9,16H,10-12H2,(H,19,21)(H,20,22);2-5,8,11H,6-7,14H2,1H3;2H2,1H3;1H4;1H/t;18-;16-;;;;/m.11..../s1. The predicted molar refractivity (Wildman–Crippen MR) is 381 cm³/mol. The monoisotopic (exact) mass is 1350 g/mol. The normalized spacial score (nSPS) is 16.0. The fraction of sp³-hybridized carbons (Fsp3) is 0.286. The summed E-state index contributed by atoms with van der Waals surface area (Å²) in [5, 5.41) is 11.1. The highest BCUT2D eigenvalue weighted by Crippen LogP contribution is 2.32. The molecule has 98 heavy (non-hydrogen) atoms. The number of aromatic nitrogens is 4. The summed E-state index contributed by atoms with van der Waals surface area (Å²) in [5.74, 6) is 1.36. The molecule has 2 unspecified atom stereocenters. The Morgan fingerprint density at radius 3 is 1.36 bits per heavy atom. The number of nitrogens with two attached hydrogens (primary N) is 1. The SMILES string of the molecule is C.CC(=O)CCl.CC(=O)CN1C(=O)[C@H](NC(=O)OCc2ccccc2)CCc2ccccc21.Cc1cn2c(n1)C(N)CCc1ccccc1-2.Cc1cn2c(n1)C(NC(=O)OCc1ccccc1)CCc1ccccc1-2.O=C(N[C@@H]1CCc2ccccc2NC1=O)OCc1ccccc1.[HH]. The molecule has 0 spiro atoms. The minimum absolute atomic E-state index is 0. The molecular formula is C77H87ClN10O10. The van der Waals surface area contributed by atoms with E-state index in [9.17, 15) is 33.6 Å². The third-order valence-electron chi connectivity index (χ3n) is 16.2. The molecule has 4 aliphatic rings. The number of hydrogen-bond acceptors (Lipinski definition) is 13. The molecule has 0 fully saturated rings. The van der Waals surface area contributed by atoms with E-state index in [0.717, 1.165) is 100 Å². The summed E-state index contributed by atoms with van der Waals surface area (Å²) in [4.78, 5) is 93.5. The van der Waals surface area contributed by atoms with Gasteiger partial charge in [0.15, 0.2) is 0 Å². The number of ether oxygens (including phenoxy) is 3. The summed E-state index contributed by atoms with van der Waals surface area (Å²) in [6, 6.07) is 58.8. The lowest BCUT2D eigenvalue weighted by molar-refractivity contribution is -0.123. The molecule has 0 saturated carbocycles. The first-order chi connectivity index (χ1) is 47.0. The van der Waals surface area contributed by atoms with Crippen LogP contribution < -0.4 is 31.9 Å². The third kappa shape index (κ3) is 20.9. The first-order valence-electron chi connectivity index (χ1n) is 32.3. The maximum Gasteiger partial charge on any atom is 0.408 e. The maximum atomic E-state index is 13.0. The highest BCUT2D eigenvalue weighted by atomic mass is 35.5. The fourth-order valence-electron chi connectivity index (χ4n) is 11.5. The number of nitrogens with zero attached hydrogens (tertiary/aromatic N) is 5. The van der Waals surface area contributed by atoms with Gasteiger partial charge in [0, 0.05) is 36.6 Å². The molecule has 0 bridgehead atoms. The summed E-state index contributed by atoms with van der Waals surface area (Å²) in [7, 11) is 0. The highest BCUT2D eigenvalue weighted by molar-refractivity contribution is 6.27. The molecule has 4 aliphatic heterocycles. The van der Waals surface area contributed by atoms with E-state index in [2.05, 4.69) is 83.0 Å². The Labute approximate surface area is 578 Å². The van der Waals surface area contributed by atoms with Crippen molar-refractivity contribution in [2.45, 2.75) is 130 Å². The van der Waals surface area contributed by atoms with Crippen LogP contribution in [-0.4, -0.2) is 85.3 Å². The van der Waals surface area contributed by atoms with Crippen LogP contribution in [-0.2, 0) is 78.9 Å². The molecule has 4 atom stereocenters. The number of rotatable bonds is 12. The Morgan fingerprint density at radius 2 is 0.867 bits per heavy atom. The van der Waals surface area contributed by atoms with Crippen molar-refractivity contribution in [3.8, 4) is 11.4 Å². The van der Waals surface area contributed by atoms with E-state index in [0.29, 0.717) is 19.3 Å². The molecule has 13 rings (SSSR count). The number of ketones is 2. The summed E-state index contributed by atoms with van der Waals surface area (Å²) in [6.45, 7) is 7.42. The molecule has 21 heteroatoms. The number of alkyl halides is 1. The van der Waals surface area contributed by atoms with Gasteiger partial charge in [-0.2, -0.15) is 0 Å². The minimum Gasteiger partial charge on any atom is -0.445 e. The molecule has 2 aromatic heterocycles. The van der Waals surface area contributed by atoms with E-state index in [1.165, 1.54) is 35.6 Å². The summed E-state index contributed by atoms with van der Waals surface area (Å²) >= 11 is 4.99. The number of carbonyl (C=O) groups excluding carboxylic acids is 7. The van der Waals surface area contributed by atoms with Gasteiger partial charge in [0.25, 0.3) is 0 Å². The lowest BCUT2D eigenvalue weighted by Crippen LogP contribution is -2.49. The number of aryl methyl sites for hydroxylation is 6. The number of amides is 5. The van der Waals surface area contributed by atoms with Gasteiger partial charge in [0.05, 0.1) is 35.9 Å². The number of benzene rings is 7. The van der Waals surface area contributed by atoms with Gasteiger partial charge in [0.2, 0.25) is 11.8 Å². The first-order valence-corrected chi connectivity index (χ1v) is 32.8. The Morgan fingerprint density at radius 1 is 0.500 bits per heavy atom. The van der Waals surface area contributed by atoms with Crippen LogP contribution in [0.15, 0.2) is 200 Å². The molecule has 512 valence electrons. The molecule has 6 heterocycles. The van der Waals surface area contributed by atoms with E-state index >= 15 is 0 Å². The topological polar surface area (TPSA) is 260 Å². The molecule has 0 aliphatic carbocycles. The van der Waals surface area contributed by atoms with Crippen molar-refractivity contribution in [1.29, 1.82) is 0 Å². The van der Waals surface area contributed by atoms with Crippen LogP contribution in [0, 0.1) is 13.8 Å². The van der Waals surface area contributed by atoms with Crippen LogP contribution in [0.2, 0.25) is 0 Å². The number of nitrogens with one attached hydrogen (secondary N) is 4. The summed E-state index contributed by atoms with van der Waals surface area (Å²) < 4.78 is 20.0. The molecular weight excluding hydrogens is 1260 g/mol. The van der Waals surface area contributed by atoms with Gasteiger partial charge in [-0.3, -0.25) is 19.2 Å². The van der Waals surface area contributed by atoms with E-state index in [1.54, 1.807) is 0 Å². The Balaban J connectivity index is 0.000000182. The number of imidazole rings is 2. The van der Waals surface area contributed by atoms with Gasteiger partial charge in [-0.05, 0) is 142 Å². The predicted octanol–water partition coefficient (Wildman–Crippen LogP) is 13.6. The summed E-state index contributed by atoms with van der Waals surface area (Å²) in [5.41, 5.74) is 19.4. The van der Waals surface area contributed by atoms with Crippen LogP contribution in [0.1, 0.15) is 122 Å². The van der Waals surface area contributed by atoms with Crippen molar-refractivity contribution in [3.63, 3.8) is 0 Å². The van der Waals surface area contributed by atoms with Gasteiger partial charge in [0.1, 0.15) is 55.1 Å². The molecule has 5 amide bonds.